The highest BCUT2D eigenvalue weighted by Crippen LogP contribution is 2.35. The molecule has 1 N–H and O–H groups in total. The van der Waals surface area contributed by atoms with Crippen molar-refractivity contribution in [3.05, 3.63) is 29.3 Å². The van der Waals surface area contributed by atoms with Gasteiger partial charge in [-0.15, -0.1) is 0 Å². The van der Waals surface area contributed by atoms with Crippen molar-refractivity contribution in [3.8, 4) is 0 Å². The van der Waals surface area contributed by atoms with Crippen molar-refractivity contribution in [2.75, 3.05) is 18.0 Å². The average molecular weight is 296 g/mol. The Morgan fingerprint density at radius 3 is 2.19 bits per heavy atom. The molecule has 0 spiro atoms. The van der Waals surface area contributed by atoms with Crippen LogP contribution in [0, 0.1) is 17.0 Å². The van der Waals surface area contributed by atoms with Gasteiger partial charge in [-0.2, -0.15) is 0 Å². The Labute approximate surface area is 126 Å². The van der Waals surface area contributed by atoms with E-state index in [1.54, 1.807) is 0 Å². The molecule has 0 bridgehead atoms. The summed E-state index contributed by atoms with van der Waals surface area (Å²) in [5.74, 6) is -0.920. The third-order valence-corrected chi connectivity index (χ3v) is 3.89. The summed E-state index contributed by atoms with van der Waals surface area (Å²) in [5.41, 5.74) is 0.804. The summed E-state index contributed by atoms with van der Waals surface area (Å²) in [5, 5.41) is 3.25. The van der Waals surface area contributed by atoms with Crippen molar-refractivity contribution >= 4 is 5.69 Å². The average Bonchev–Trinajstić information content (AvgIpc) is 2.65. The number of rotatable bonds is 3. The molecule has 1 aliphatic heterocycles. The van der Waals surface area contributed by atoms with E-state index in [2.05, 4.69) is 19.2 Å². The maximum absolute atomic E-state index is 14.3. The van der Waals surface area contributed by atoms with Crippen molar-refractivity contribution in [2.45, 2.75) is 53.1 Å². The molecule has 118 valence electrons. The second-order valence-corrected chi connectivity index (χ2v) is 7.85. The Hall–Kier alpha value is -1.16. The molecule has 0 amide bonds. The van der Waals surface area contributed by atoms with Crippen LogP contribution in [0.1, 0.15) is 46.6 Å². The molecule has 0 radical (unpaired) electrons. The number of hydrogen-bond acceptors (Lipinski definition) is 2. The van der Waals surface area contributed by atoms with Gasteiger partial charge in [0.2, 0.25) is 0 Å². The van der Waals surface area contributed by atoms with Crippen LogP contribution in [0.5, 0.6) is 0 Å². The lowest BCUT2D eigenvalue weighted by Gasteiger charge is -2.24. The van der Waals surface area contributed by atoms with Crippen molar-refractivity contribution in [1.29, 1.82) is 0 Å². The quantitative estimate of drug-likeness (QED) is 0.904. The van der Waals surface area contributed by atoms with Crippen LogP contribution in [0.15, 0.2) is 12.1 Å². The monoisotopic (exact) mass is 296 g/mol. The topological polar surface area (TPSA) is 15.3 Å². The summed E-state index contributed by atoms with van der Waals surface area (Å²) in [6.45, 7) is 12.2. The Morgan fingerprint density at radius 2 is 1.76 bits per heavy atom. The Bertz CT molecular complexity index is 495. The molecule has 1 aliphatic rings. The molecule has 1 saturated heterocycles. The van der Waals surface area contributed by atoms with Crippen LogP contribution < -0.4 is 10.2 Å². The Balaban J connectivity index is 2.18. The highest BCUT2D eigenvalue weighted by molar-refractivity contribution is 5.52. The van der Waals surface area contributed by atoms with E-state index in [1.165, 1.54) is 12.1 Å². The lowest BCUT2D eigenvalue weighted by atomic mass is 9.93. The van der Waals surface area contributed by atoms with E-state index < -0.39 is 11.6 Å². The first-order valence-electron chi connectivity index (χ1n) is 7.55. The predicted molar refractivity (Wildman–Crippen MR) is 83.6 cm³/mol. The Morgan fingerprint density at radius 1 is 1.19 bits per heavy atom. The number of nitrogens with zero attached hydrogens (tertiary/aromatic N) is 1. The van der Waals surface area contributed by atoms with Gasteiger partial charge in [-0.3, -0.25) is 0 Å². The molecule has 1 fully saturated rings. The maximum Gasteiger partial charge on any atom is 0.149 e. The van der Waals surface area contributed by atoms with Crippen LogP contribution in [0.2, 0.25) is 0 Å². The maximum atomic E-state index is 14.3. The second-order valence-electron chi connectivity index (χ2n) is 7.85. The smallest absolute Gasteiger partial charge is 0.149 e. The van der Waals surface area contributed by atoms with Crippen LogP contribution in [0.3, 0.4) is 0 Å². The van der Waals surface area contributed by atoms with E-state index in [1.807, 2.05) is 25.7 Å². The van der Waals surface area contributed by atoms with Gasteiger partial charge in [0.25, 0.3) is 0 Å². The van der Waals surface area contributed by atoms with Crippen LogP contribution in [-0.4, -0.2) is 18.6 Å². The summed E-state index contributed by atoms with van der Waals surface area (Å²) < 4.78 is 28.7. The zero-order chi connectivity index (χ0) is 15.8. The van der Waals surface area contributed by atoms with Crippen LogP contribution in [0.25, 0.3) is 0 Å². The molecule has 0 atom stereocenters. The fraction of sp³-hybridized carbons (Fsp3) is 0.647. The number of nitrogens with one attached hydrogen (secondary N) is 1. The largest absolute Gasteiger partial charge is 0.366 e. The van der Waals surface area contributed by atoms with E-state index in [9.17, 15) is 8.78 Å². The molecule has 21 heavy (non-hydrogen) atoms. The lowest BCUT2D eigenvalue weighted by Crippen LogP contribution is -2.35. The van der Waals surface area contributed by atoms with Gasteiger partial charge >= 0.3 is 0 Å². The van der Waals surface area contributed by atoms with E-state index in [-0.39, 0.29) is 16.6 Å². The Kier molecular flexibility index (Phi) is 4.29. The van der Waals surface area contributed by atoms with Gasteiger partial charge in [0.15, 0.2) is 0 Å². The van der Waals surface area contributed by atoms with E-state index in [0.717, 1.165) is 6.42 Å². The van der Waals surface area contributed by atoms with Crippen LogP contribution in [-0.2, 0) is 6.54 Å². The zero-order valence-electron chi connectivity index (χ0n) is 13.7. The van der Waals surface area contributed by atoms with Gasteiger partial charge in [0, 0.05) is 25.2 Å². The summed E-state index contributed by atoms with van der Waals surface area (Å²) in [7, 11) is 0. The highest BCUT2D eigenvalue weighted by atomic mass is 19.1. The minimum Gasteiger partial charge on any atom is -0.366 e. The van der Waals surface area contributed by atoms with Crippen molar-refractivity contribution in [3.63, 3.8) is 0 Å². The van der Waals surface area contributed by atoms with E-state index >= 15 is 0 Å². The minimum atomic E-state index is -0.460. The fourth-order valence-corrected chi connectivity index (χ4v) is 2.69. The molecule has 2 nitrogen and oxygen atoms in total. The molecule has 1 aromatic rings. The molecular weight excluding hydrogens is 270 g/mol. The fourth-order valence-electron chi connectivity index (χ4n) is 2.69. The normalized spacial score (nSPS) is 18.3. The van der Waals surface area contributed by atoms with Gasteiger partial charge in [0.1, 0.15) is 17.3 Å². The number of halogens is 2. The molecule has 0 unspecified atom stereocenters. The van der Waals surface area contributed by atoms with Crippen LogP contribution in [0.4, 0.5) is 14.5 Å². The lowest BCUT2D eigenvalue weighted by molar-refractivity contribution is 0.417. The standard InChI is InChI=1S/C17H26F2N2/c1-16(2,3)20-10-12-8-13(18)15(14(19)9-12)21-7-6-17(4,5)11-21/h8-9,20H,6-7,10-11H2,1-5H3. The molecule has 0 saturated carbocycles. The number of anilines is 1. The van der Waals surface area contributed by atoms with E-state index in [4.69, 9.17) is 0 Å². The third-order valence-electron chi connectivity index (χ3n) is 3.89. The first-order valence-corrected chi connectivity index (χ1v) is 7.55. The van der Waals surface area contributed by atoms with Crippen LogP contribution >= 0.6 is 0 Å². The molecule has 0 aromatic heterocycles. The molecule has 1 aromatic carbocycles. The van der Waals surface area contributed by atoms with Gasteiger partial charge in [-0.1, -0.05) is 13.8 Å². The summed E-state index contributed by atoms with van der Waals surface area (Å²) in [6.07, 6.45) is 0.958. The summed E-state index contributed by atoms with van der Waals surface area (Å²) in [6, 6.07) is 2.89. The first kappa shape index (κ1) is 16.2. The second kappa shape index (κ2) is 5.56. The van der Waals surface area contributed by atoms with Gasteiger partial charge in [-0.25, -0.2) is 8.78 Å². The molecule has 1 heterocycles. The predicted octanol–water partition coefficient (Wildman–Crippen LogP) is 4.09. The van der Waals surface area contributed by atoms with Crippen molar-refractivity contribution < 1.29 is 8.78 Å². The molecular formula is C17H26F2N2. The van der Waals surface area contributed by atoms with Crippen molar-refractivity contribution in [2.24, 2.45) is 5.41 Å². The molecule has 0 aliphatic carbocycles. The highest BCUT2D eigenvalue weighted by Gasteiger charge is 2.32. The first-order chi connectivity index (χ1) is 9.57. The van der Waals surface area contributed by atoms with Gasteiger partial charge < -0.3 is 10.2 Å². The summed E-state index contributed by atoms with van der Waals surface area (Å²) >= 11 is 0. The van der Waals surface area contributed by atoms with Gasteiger partial charge in [-0.05, 0) is 50.3 Å². The van der Waals surface area contributed by atoms with Gasteiger partial charge in [0.05, 0.1) is 0 Å². The van der Waals surface area contributed by atoms with E-state index in [0.29, 0.717) is 25.2 Å². The minimum absolute atomic E-state index is 0.0788. The number of hydrogen-bond donors (Lipinski definition) is 1. The molecule has 2 rings (SSSR count). The number of benzene rings is 1. The third kappa shape index (κ3) is 4.16. The van der Waals surface area contributed by atoms with Crippen molar-refractivity contribution in [1.82, 2.24) is 5.32 Å². The zero-order valence-corrected chi connectivity index (χ0v) is 13.7. The summed E-state index contributed by atoms with van der Waals surface area (Å²) in [4.78, 5) is 1.83. The SMILES string of the molecule is CC1(C)CCN(c2c(F)cc(CNC(C)(C)C)cc2F)C1. The molecule has 4 heteroatoms.